The summed E-state index contributed by atoms with van der Waals surface area (Å²) in [6, 6.07) is 9.90. The Balaban J connectivity index is 0.00000280. The average molecular weight is 428 g/mol. The van der Waals surface area contributed by atoms with E-state index in [9.17, 15) is 17.6 Å². The van der Waals surface area contributed by atoms with Gasteiger partial charge in [-0.2, -0.15) is 0 Å². The zero-order chi connectivity index (χ0) is 19.6. The van der Waals surface area contributed by atoms with Crippen molar-refractivity contribution in [3.8, 4) is 0 Å². The summed E-state index contributed by atoms with van der Waals surface area (Å²) in [5.74, 6) is -0.568. The molecule has 152 valence electrons. The number of amides is 1. The van der Waals surface area contributed by atoms with Gasteiger partial charge in [-0.3, -0.25) is 9.52 Å². The van der Waals surface area contributed by atoms with Gasteiger partial charge in [0.05, 0.1) is 4.90 Å². The fourth-order valence-corrected chi connectivity index (χ4v) is 4.34. The number of hydrogen-bond acceptors (Lipinski definition) is 4. The predicted molar refractivity (Wildman–Crippen MR) is 109 cm³/mol. The minimum Gasteiger partial charge on any atom is -0.334 e. The molecule has 0 aliphatic carbocycles. The van der Waals surface area contributed by atoms with Crippen LogP contribution in [0.2, 0.25) is 0 Å². The largest absolute Gasteiger partial charge is 0.334 e. The minimum absolute atomic E-state index is 0. The molecule has 28 heavy (non-hydrogen) atoms. The van der Waals surface area contributed by atoms with Gasteiger partial charge in [-0.05, 0) is 67.8 Å². The number of halogens is 2. The second-order valence-electron chi connectivity index (χ2n) is 6.62. The maximum Gasteiger partial charge on any atom is 0.261 e. The maximum absolute atomic E-state index is 13.4. The number of carbonyl (C=O) groups excluding carboxylic acids is 1. The number of anilines is 1. The Hall–Kier alpha value is -2.16. The first kappa shape index (κ1) is 22.1. The lowest BCUT2D eigenvalue weighted by Gasteiger charge is -2.23. The molecular formula is C19H23ClFN3O3S. The molecule has 0 spiro atoms. The molecule has 0 radical (unpaired) electrons. The smallest absolute Gasteiger partial charge is 0.261 e. The van der Waals surface area contributed by atoms with Crippen molar-refractivity contribution < 1.29 is 17.6 Å². The molecule has 0 aromatic heterocycles. The monoisotopic (exact) mass is 427 g/mol. The summed E-state index contributed by atoms with van der Waals surface area (Å²) in [7, 11) is -3.84. The third kappa shape index (κ3) is 4.63. The fraction of sp³-hybridized carbons (Fsp3) is 0.316. The highest BCUT2D eigenvalue weighted by Gasteiger charge is 2.28. The molecule has 2 aromatic carbocycles. The van der Waals surface area contributed by atoms with E-state index in [-0.39, 0.29) is 34.8 Å². The molecule has 9 heteroatoms. The van der Waals surface area contributed by atoms with Gasteiger partial charge in [0.25, 0.3) is 15.9 Å². The van der Waals surface area contributed by atoms with Crippen LogP contribution >= 0.6 is 12.4 Å². The van der Waals surface area contributed by atoms with Crippen LogP contribution in [0.1, 0.15) is 28.8 Å². The number of rotatable bonds is 5. The van der Waals surface area contributed by atoms with Crippen molar-refractivity contribution >= 4 is 34.0 Å². The summed E-state index contributed by atoms with van der Waals surface area (Å²) >= 11 is 0. The van der Waals surface area contributed by atoms with Gasteiger partial charge in [-0.15, -0.1) is 12.4 Å². The number of sulfonamides is 1. The zero-order valence-corrected chi connectivity index (χ0v) is 17.0. The number of nitrogens with one attached hydrogen (secondary N) is 1. The van der Waals surface area contributed by atoms with Crippen LogP contribution in [0.5, 0.6) is 0 Å². The lowest BCUT2D eigenvalue weighted by Crippen LogP contribution is -2.39. The topological polar surface area (TPSA) is 92.5 Å². The number of likely N-dealkylation sites (tertiary alicyclic amines) is 1. The Labute approximate surface area is 170 Å². The number of nitrogens with two attached hydrogens (primary N) is 1. The molecule has 0 bridgehead atoms. The van der Waals surface area contributed by atoms with Gasteiger partial charge >= 0.3 is 0 Å². The van der Waals surface area contributed by atoms with E-state index in [4.69, 9.17) is 5.73 Å². The molecule has 1 saturated heterocycles. The van der Waals surface area contributed by atoms with Gasteiger partial charge in [-0.25, -0.2) is 12.8 Å². The lowest BCUT2D eigenvalue weighted by atomic mass is 10.1. The number of hydrogen-bond donors (Lipinski definition) is 2. The van der Waals surface area contributed by atoms with Crippen LogP contribution in [-0.4, -0.2) is 38.4 Å². The minimum atomic E-state index is -3.84. The van der Waals surface area contributed by atoms with Crippen LogP contribution in [-0.2, 0) is 10.0 Å². The summed E-state index contributed by atoms with van der Waals surface area (Å²) in [6.45, 7) is 2.61. The predicted octanol–water partition coefficient (Wildman–Crippen LogP) is 2.92. The quantitative estimate of drug-likeness (QED) is 0.767. The molecule has 1 heterocycles. The Kier molecular flexibility index (Phi) is 7.03. The molecule has 1 aliphatic rings. The fourth-order valence-electron chi connectivity index (χ4n) is 3.19. The van der Waals surface area contributed by atoms with Crippen LogP contribution in [0.15, 0.2) is 47.4 Å². The Morgan fingerprint density at radius 3 is 2.54 bits per heavy atom. The van der Waals surface area contributed by atoms with Gasteiger partial charge in [0.1, 0.15) is 5.82 Å². The Bertz CT molecular complexity index is 951. The van der Waals surface area contributed by atoms with Crippen LogP contribution in [0.3, 0.4) is 0 Å². The van der Waals surface area contributed by atoms with Crippen molar-refractivity contribution in [2.24, 2.45) is 5.73 Å². The van der Waals surface area contributed by atoms with Crippen molar-refractivity contribution in [3.63, 3.8) is 0 Å². The Morgan fingerprint density at radius 1 is 1.25 bits per heavy atom. The molecule has 0 saturated carbocycles. The van der Waals surface area contributed by atoms with Crippen LogP contribution in [0.25, 0.3) is 0 Å². The number of nitrogens with zero attached hydrogens (tertiary/aromatic N) is 1. The molecule has 3 rings (SSSR count). The van der Waals surface area contributed by atoms with E-state index in [0.29, 0.717) is 24.3 Å². The molecule has 1 amide bonds. The van der Waals surface area contributed by atoms with Crippen molar-refractivity contribution in [3.05, 3.63) is 59.4 Å². The summed E-state index contributed by atoms with van der Waals surface area (Å²) in [5, 5.41) is 0. The van der Waals surface area contributed by atoms with Crippen LogP contribution in [0, 0.1) is 12.7 Å². The van der Waals surface area contributed by atoms with E-state index in [0.717, 1.165) is 18.9 Å². The summed E-state index contributed by atoms with van der Waals surface area (Å²) in [5.41, 5.74) is 6.77. The third-order valence-electron chi connectivity index (χ3n) is 4.73. The van der Waals surface area contributed by atoms with Crippen molar-refractivity contribution in [2.45, 2.75) is 30.7 Å². The number of aryl methyl sites for hydroxylation is 1. The van der Waals surface area contributed by atoms with Crippen LogP contribution < -0.4 is 10.5 Å². The van der Waals surface area contributed by atoms with E-state index < -0.39 is 15.8 Å². The van der Waals surface area contributed by atoms with E-state index in [2.05, 4.69) is 4.72 Å². The summed E-state index contributed by atoms with van der Waals surface area (Å²) < 4.78 is 40.7. The average Bonchev–Trinajstić information content (AvgIpc) is 3.12. The first-order valence-corrected chi connectivity index (χ1v) is 10.2. The van der Waals surface area contributed by atoms with Gasteiger partial charge in [0.2, 0.25) is 0 Å². The highest BCUT2D eigenvalue weighted by molar-refractivity contribution is 7.92. The highest BCUT2D eigenvalue weighted by Crippen LogP contribution is 2.22. The third-order valence-corrected chi connectivity index (χ3v) is 6.11. The molecule has 1 fully saturated rings. The number of benzene rings is 2. The van der Waals surface area contributed by atoms with E-state index in [1.807, 2.05) is 0 Å². The van der Waals surface area contributed by atoms with Crippen LogP contribution in [0.4, 0.5) is 10.1 Å². The van der Waals surface area contributed by atoms with E-state index in [1.165, 1.54) is 31.2 Å². The summed E-state index contributed by atoms with van der Waals surface area (Å²) in [4.78, 5) is 14.3. The first-order chi connectivity index (χ1) is 12.8. The summed E-state index contributed by atoms with van der Waals surface area (Å²) in [6.07, 6.45) is 1.83. The SMILES string of the molecule is Cc1cc(S(=O)(=O)Nc2ccc(C(=O)N3CCCC3CN)cc2)ccc1F.Cl. The molecule has 6 nitrogen and oxygen atoms in total. The highest BCUT2D eigenvalue weighted by atomic mass is 35.5. The maximum atomic E-state index is 13.4. The normalized spacial score (nSPS) is 16.5. The molecule has 1 aliphatic heterocycles. The number of carbonyl (C=O) groups is 1. The standard InChI is InChI=1S/C19H22FN3O3S.ClH/c1-13-11-17(8-9-18(13)20)27(25,26)22-15-6-4-14(5-7-15)19(24)23-10-2-3-16(23)12-21;/h4-9,11,16,22H,2-3,10,12,21H2,1H3;1H. The van der Waals surface area contributed by atoms with Gasteiger partial charge in [0, 0.05) is 30.4 Å². The van der Waals surface area contributed by atoms with Gasteiger partial charge in [-0.1, -0.05) is 0 Å². The molecule has 3 N–H and O–H groups in total. The Morgan fingerprint density at radius 2 is 1.93 bits per heavy atom. The van der Waals surface area contributed by atoms with Crippen molar-refractivity contribution in [1.29, 1.82) is 0 Å². The molecule has 1 unspecified atom stereocenters. The van der Waals surface area contributed by atoms with Gasteiger partial charge in [0.15, 0.2) is 0 Å². The zero-order valence-electron chi connectivity index (χ0n) is 15.4. The van der Waals surface area contributed by atoms with E-state index in [1.54, 1.807) is 17.0 Å². The molecule has 2 aromatic rings. The lowest BCUT2D eigenvalue weighted by molar-refractivity contribution is 0.0741. The second kappa shape index (κ2) is 8.89. The van der Waals surface area contributed by atoms with Gasteiger partial charge < -0.3 is 10.6 Å². The molecular weight excluding hydrogens is 405 g/mol. The van der Waals surface area contributed by atoms with Crippen molar-refractivity contribution in [2.75, 3.05) is 17.8 Å². The molecule has 1 atom stereocenters. The second-order valence-corrected chi connectivity index (χ2v) is 8.31. The van der Waals surface area contributed by atoms with E-state index >= 15 is 0 Å². The first-order valence-electron chi connectivity index (χ1n) is 8.72. The van der Waals surface area contributed by atoms with Crippen molar-refractivity contribution in [1.82, 2.24) is 4.90 Å².